The highest BCUT2D eigenvalue weighted by Crippen LogP contribution is 2.28. The lowest BCUT2D eigenvalue weighted by atomic mass is 10.1. The average Bonchev–Trinajstić information content (AvgIpc) is 2.75. The summed E-state index contributed by atoms with van der Waals surface area (Å²) in [5, 5.41) is 3.41. The number of allylic oxidation sites excluding steroid dienone is 4. The molecule has 0 atom stereocenters. The van der Waals surface area contributed by atoms with E-state index in [-0.39, 0.29) is 0 Å². The van der Waals surface area contributed by atoms with Gasteiger partial charge in [-0.15, -0.1) is 6.42 Å². The molecule has 0 radical (unpaired) electrons. The Kier molecular flexibility index (Phi) is 6.75. The minimum absolute atomic E-state index is 0.470. The van der Waals surface area contributed by atoms with Crippen LogP contribution in [0.4, 0.5) is 11.4 Å². The Morgan fingerprint density at radius 2 is 1.62 bits per heavy atom. The first-order valence-electron chi connectivity index (χ1n) is 9.36. The molecular weight excluding hydrogens is 358 g/mol. The molecule has 3 aromatic carbocycles. The van der Waals surface area contributed by atoms with E-state index in [9.17, 15) is 0 Å². The van der Waals surface area contributed by atoms with Gasteiger partial charge in [-0.25, -0.2) is 0 Å². The number of nitrogens with one attached hydrogen (secondary N) is 1. The van der Waals surface area contributed by atoms with E-state index < -0.39 is 0 Å². The van der Waals surface area contributed by atoms with Gasteiger partial charge in [0, 0.05) is 11.4 Å². The van der Waals surface area contributed by atoms with Crippen molar-refractivity contribution in [3.05, 3.63) is 102 Å². The molecule has 0 saturated heterocycles. The van der Waals surface area contributed by atoms with Crippen LogP contribution in [-0.4, -0.2) is 0 Å². The highest BCUT2D eigenvalue weighted by molar-refractivity contribution is 5.64. The molecule has 0 bridgehead atoms. The van der Waals surface area contributed by atoms with E-state index in [2.05, 4.69) is 11.2 Å². The molecule has 0 aliphatic heterocycles. The molecule has 0 amide bonds. The van der Waals surface area contributed by atoms with E-state index in [1.165, 1.54) is 0 Å². The van der Waals surface area contributed by atoms with Crippen LogP contribution in [0.1, 0.15) is 12.5 Å². The summed E-state index contributed by atoms with van der Waals surface area (Å²) in [6, 6.07) is 23.4. The molecule has 3 heteroatoms. The molecule has 3 aromatic rings. The predicted octanol–water partition coefficient (Wildman–Crippen LogP) is 7.00. The van der Waals surface area contributed by atoms with Crippen LogP contribution in [0, 0.1) is 19.3 Å². The lowest BCUT2D eigenvalue weighted by molar-refractivity contribution is 0.450. The number of terminal acetylenes is 1. The van der Waals surface area contributed by atoms with Gasteiger partial charge in [-0.05, 0) is 86.0 Å². The van der Waals surface area contributed by atoms with Crippen molar-refractivity contribution in [3.63, 3.8) is 0 Å². The Bertz CT molecular complexity index is 1040. The molecule has 144 valence electrons. The quantitative estimate of drug-likeness (QED) is 0.271. The second-order valence-corrected chi connectivity index (χ2v) is 6.34. The average molecular weight is 381 g/mol. The molecule has 0 heterocycles. The first-order valence-corrected chi connectivity index (χ1v) is 9.36. The molecule has 0 unspecified atom stereocenters. The summed E-state index contributed by atoms with van der Waals surface area (Å²) < 4.78 is 11.6. The van der Waals surface area contributed by atoms with Crippen molar-refractivity contribution in [3.8, 4) is 29.6 Å². The van der Waals surface area contributed by atoms with Crippen molar-refractivity contribution in [2.45, 2.75) is 13.8 Å². The standard InChI is InChI=1S/C26H23NO2/c1-4-6-10-22(5-2)28-25-17-18-26(20(3)19-25)27-21-13-15-24(16-14-21)29-23-11-8-7-9-12-23/h2,4,6-19,27H,1,3H3/b6-4-,22-10+. The van der Waals surface area contributed by atoms with Gasteiger partial charge in [0.1, 0.15) is 17.2 Å². The fourth-order valence-electron chi connectivity index (χ4n) is 2.65. The zero-order valence-corrected chi connectivity index (χ0v) is 16.6. The largest absolute Gasteiger partial charge is 0.457 e. The molecule has 29 heavy (non-hydrogen) atoms. The van der Waals surface area contributed by atoms with Crippen molar-refractivity contribution < 1.29 is 9.47 Å². The Morgan fingerprint density at radius 3 is 2.28 bits per heavy atom. The zero-order valence-electron chi connectivity index (χ0n) is 16.6. The van der Waals surface area contributed by atoms with E-state index in [4.69, 9.17) is 15.9 Å². The summed E-state index contributed by atoms with van der Waals surface area (Å²) in [6.07, 6.45) is 11.0. The first-order chi connectivity index (χ1) is 14.2. The number of ether oxygens (including phenoxy) is 2. The monoisotopic (exact) mass is 381 g/mol. The highest BCUT2D eigenvalue weighted by atomic mass is 16.5. The number of anilines is 2. The topological polar surface area (TPSA) is 30.5 Å². The van der Waals surface area contributed by atoms with Gasteiger partial charge in [-0.1, -0.05) is 30.4 Å². The molecular formula is C26H23NO2. The fraction of sp³-hybridized carbons (Fsp3) is 0.0769. The second-order valence-electron chi connectivity index (χ2n) is 6.34. The van der Waals surface area contributed by atoms with Gasteiger partial charge in [0.05, 0.1) is 0 Å². The van der Waals surface area contributed by atoms with Crippen LogP contribution in [0.2, 0.25) is 0 Å². The smallest absolute Gasteiger partial charge is 0.177 e. The first kappa shape index (κ1) is 19.9. The van der Waals surface area contributed by atoms with Crippen molar-refractivity contribution in [2.75, 3.05) is 5.32 Å². The molecule has 0 aromatic heterocycles. The van der Waals surface area contributed by atoms with Crippen LogP contribution >= 0.6 is 0 Å². The van der Waals surface area contributed by atoms with Gasteiger partial charge in [0.15, 0.2) is 5.76 Å². The zero-order chi connectivity index (χ0) is 20.5. The Morgan fingerprint density at radius 1 is 0.931 bits per heavy atom. The van der Waals surface area contributed by atoms with E-state index in [1.54, 1.807) is 6.08 Å². The van der Waals surface area contributed by atoms with Crippen molar-refractivity contribution in [2.24, 2.45) is 0 Å². The van der Waals surface area contributed by atoms with Gasteiger partial charge in [-0.3, -0.25) is 0 Å². The summed E-state index contributed by atoms with van der Waals surface area (Å²) in [5.74, 6) is 5.32. The maximum atomic E-state index is 5.83. The van der Waals surface area contributed by atoms with Gasteiger partial charge in [0.25, 0.3) is 0 Å². The SMILES string of the molecule is C#C/C(=C\C=C/C)Oc1ccc(Nc2ccc(Oc3ccccc3)cc2)c(C)c1. The third-order valence-corrected chi connectivity index (χ3v) is 4.12. The van der Waals surface area contributed by atoms with Gasteiger partial charge < -0.3 is 14.8 Å². The maximum Gasteiger partial charge on any atom is 0.177 e. The molecule has 3 nitrogen and oxygen atoms in total. The van der Waals surface area contributed by atoms with E-state index in [1.807, 2.05) is 98.8 Å². The normalized spacial score (nSPS) is 11.1. The maximum absolute atomic E-state index is 5.83. The number of rotatable bonds is 7. The molecule has 0 saturated carbocycles. The summed E-state index contributed by atoms with van der Waals surface area (Å²) in [6.45, 7) is 3.95. The molecule has 3 rings (SSSR count). The van der Waals surface area contributed by atoms with Crippen molar-refractivity contribution >= 4 is 11.4 Å². The number of aryl methyl sites for hydroxylation is 1. The Balaban J connectivity index is 1.66. The van der Waals surface area contributed by atoms with E-state index in [0.717, 1.165) is 28.4 Å². The van der Waals surface area contributed by atoms with E-state index >= 15 is 0 Å². The summed E-state index contributed by atoms with van der Waals surface area (Å²) in [5.41, 5.74) is 3.02. The minimum Gasteiger partial charge on any atom is -0.457 e. The Hall–Kier alpha value is -3.90. The van der Waals surface area contributed by atoms with Crippen LogP contribution in [0.25, 0.3) is 0 Å². The lowest BCUT2D eigenvalue weighted by Crippen LogP contribution is -1.96. The molecule has 0 aliphatic carbocycles. The van der Waals surface area contributed by atoms with Crippen molar-refractivity contribution in [1.29, 1.82) is 0 Å². The van der Waals surface area contributed by atoms with Gasteiger partial charge in [0.2, 0.25) is 0 Å². The number of para-hydroxylation sites is 1. The van der Waals surface area contributed by atoms with Crippen molar-refractivity contribution in [1.82, 2.24) is 0 Å². The second kappa shape index (κ2) is 9.87. The molecule has 0 fully saturated rings. The van der Waals surface area contributed by atoms with Crippen LogP contribution in [0.3, 0.4) is 0 Å². The van der Waals surface area contributed by atoms with Gasteiger partial charge >= 0.3 is 0 Å². The predicted molar refractivity (Wildman–Crippen MR) is 120 cm³/mol. The van der Waals surface area contributed by atoms with Crippen LogP contribution in [0.15, 0.2) is 96.8 Å². The minimum atomic E-state index is 0.470. The van der Waals surface area contributed by atoms with Gasteiger partial charge in [-0.2, -0.15) is 0 Å². The fourth-order valence-corrected chi connectivity index (χ4v) is 2.65. The van der Waals surface area contributed by atoms with Crippen LogP contribution in [-0.2, 0) is 0 Å². The number of benzene rings is 3. The summed E-state index contributed by atoms with van der Waals surface area (Å²) in [7, 11) is 0. The third-order valence-electron chi connectivity index (χ3n) is 4.12. The molecule has 0 aliphatic rings. The summed E-state index contributed by atoms with van der Waals surface area (Å²) in [4.78, 5) is 0. The third kappa shape index (κ3) is 5.79. The number of hydrogen-bond donors (Lipinski definition) is 1. The lowest BCUT2D eigenvalue weighted by Gasteiger charge is -2.12. The Labute approximate surface area is 172 Å². The highest BCUT2D eigenvalue weighted by Gasteiger charge is 2.04. The number of hydrogen-bond acceptors (Lipinski definition) is 3. The molecule has 0 spiro atoms. The molecule has 1 N–H and O–H groups in total. The van der Waals surface area contributed by atoms with E-state index in [0.29, 0.717) is 11.5 Å². The van der Waals surface area contributed by atoms with Crippen LogP contribution in [0.5, 0.6) is 17.2 Å². The summed E-state index contributed by atoms with van der Waals surface area (Å²) >= 11 is 0. The van der Waals surface area contributed by atoms with Crippen LogP contribution < -0.4 is 14.8 Å².